The number of rotatable bonds is 6. The summed E-state index contributed by atoms with van der Waals surface area (Å²) in [5.41, 5.74) is 0. The molecule has 0 saturated heterocycles. The van der Waals surface area contributed by atoms with Gasteiger partial charge in [-0.25, -0.2) is 0 Å². The van der Waals surface area contributed by atoms with Crippen LogP contribution >= 0.6 is 11.6 Å². The first-order valence-electron chi connectivity index (χ1n) is 6.38. The highest BCUT2D eigenvalue weighted by molar-refractivity contribution is 6.30. The maximum absolute atomic E-state index is 11.6. The third kappa shape index (κ3) is 4.94. The van der Waals surface area contributed by atoms with E-state index in [0.29, 0.717) is 30.2 Å². The van der Waals surface area contributed by atoms with Gasteiger partial charge in [-0.15, -0.1) is 0 Å². The van der Waals surface area contributed by atoms with Crippen LogP contribution in [0.5, 0.6) is 11.5 Å². The molecule has 4 heteroatoms. The molecule has 0 heterocycles. The molecule has 0 N–H and O–H groups in total. The Hall–Kier alpha value is -2.00. The summed E-state index contributed by atoms with van der Waals surface area (Å²) in [7, 11) is 0. The molecule has 0 bridgehead atoms. The van der Waals surface area contributed by atoms with Crippen molar-refractivity contribution in [1.29, 1.82) is 0 Å². The normalized spacial score (nSPS) is 10.1. The summed E-state index contributed by atoms with van der Waals surface area (Å²) in [5, 5.41) is 0.670. The largest absolute Gasteiger partial charge is 0.494 e. The van der Waals surface area contributed by atoms with Crippen molar-refractivity contribution in [2.75, 3.05) is 6.61 Å². The van der Waals surface area contributed by atoms with Crippen LogP contribution in [0.1, 0.15) is 12.8 Å². The Morgan fingerprint density at radius 1 is 0.950 bits per heavy atom. The Morgan fingerprint density at radius 3 is 2.35 bits per heavy atom. The number of hydrogen-bond acceptors (Lipinski definition) is 3. The lowest BCUT2D eigenvalue weighted by molar-refractivity contribution is -0.134. The summed E-state index contributed by atoms with van der Waals surface area (Å²) >= 11 is 5.77. The minimum atomic E-state index is -0.254. The fourth-order valence-electron chi connectivity index (χ4n) is 1.61. The van der Waals surface area contributed by atoms with E-state index in [1.165, 1.54) is 0 Å². The van der Waals surface area contributed by atoms with E-state index in [1.54, 1.807) is 36.4 Å². The van der Waals surface area contributed by atoms with Gasteiger partial charge < -0.3 is 9.47 Å². The van der Waals surface area contributed by atoms with Crippen LogP contribution in [0.2, 0.25) is 5.02 Å². The van der Waals surface area contributed by atoms with E-state index in [2.05, 4.69) is 0 Å². The van der Waals surface area contributed by atoms with E-state index < -0.39 is 0 Å². The Bertz CT molecular complexity index is 537. The topological polar surface area (TPSA) is 35.5 Å². The van der Waals surface area contributed by atoms with E-state index in [0.717, 1.165) is 5.75 Å². The van der Waals surface area contributed by atoms with Crippen LogP contribution in [0.3, 0.4) is 0 Å². The van der Waals surface area contributed by atoms with Crippen molar-refractivity contribution in [1.82, 2.24) is 0 Å². The van der Waals surface area contributed by atoms with Crippen LogP contribution in [0, 0.1) is 0 Å². The van der Waals surface area contributed by atoms with E-state index in [1.807, 2.05) is 18.2 Å². The number of benzene rings is 2. The quantitative estimate of drug-likeness (QED) is 0.456. The van der Waals surface area contributed by atoms with Crippen molar-refractivity contribution >= 4 is 17.6 Å². The van der Waals surface area contributed by atoms with Gasteiger partial charge in [0.15, 0.2) is 0 Å². The van der Waals surface area contributed by atoms with Crippen LogP contribution in [0.15, 0.2) is 54.6 Å². The molecule has 0 fully saturated rings. The van der Waals surface area contributed by atoms with Crippen LogP contribution in [0.25, 0.3) is 0 Å². The molecule has 0 amide bonds. The highest BCUT2D eigenvalue weighted by atomic mass is 35.5. The van der Waals surface area contributed by atoms with Crippen molar-refractivity contribution in [3.8, 4) is 11.5 Å². The summed E-state index contributed by atoms with van der Waals surface area (Å²) in [6.07, 6.45) is 0.927. The molecular weight excluding hydrogens is 276 g/mol. The van der Waals surface area contributed by atoms with Crippen molar-refractivity contribution < 1.29 is 14.3 Å². The molecule has 0 saturated carbocycles. The van der Waals surface area contributed by atoms with Crippen LogP contribution in [-0.4, -0.2) is 12.6 Å². The van der Waals surface area contributed by atoms with Gasteiger partial charge in [-0.3, -0.25) is 4.79 Å². The third-order valence-corrected chi connectivity index (χ3v) is 2.83. The zero-order valence-electron chi connectivity index (χ0n) is 10.9. The number of ether oxygens (including phenoxy) is 2. The fourth-order valence-corrected chi connectivity index (χ4v) is 1.73. The molecule has 2 rings (SSSR count). The van der Waals surface area contributed by atoms with Gasteiger partial charge in [0.2, 0.25) is 0 Å². The summed E-state index contributed by atoms with van der Waals surface area (Å²) in [5.74, 6) is 1.05. The molecule has 2 aromatic carbocycles. The molecule has 3 nitrogen and oxygen atoms in total. The zero-order chi connectivity index (χ0) is 14.2. The van der Waals surface area contributed by atoms with Gasteiger partial charge in [0.1, 0.15) is 11.5 Å². The molecular formula is C16H15ClO3. The van der Waals surface area contributed by atoms with Crippen molar-refractivity contribution in [3.05, 3.63) is 59.6 Å². The average Bonchev–Trinajstić information content (AvgIpc) is 2.46. The molecule has 0 aliphatic rings. The lowest BCUT2D eigenvalue weighted by Crippen LogP contribution is -2.09. The first-order chi connectivity index (χ1) is 9.74. The van der Waals surface area contributed by atoms with Gasteiger partial charge in [-0.1, -0.05) is 29.8 Å². The zero-order valence-corrected chi connectivity index (χ0v) is 11.7. The standard InChI is InChI=1S/C16H15ClO3/c17-13-8-10-14(11-9-13)19-12-4-7-16(18)20-15-5-2-1-3-6-15/h1-3,5-6,8-11H,4,7,12H2. The average molecular weight is 291 g/mol. The molecule has 0 unspecified atom stereocenters. The summed E-state index contributed by atoms with van der Waals surface area (Å²) in [6, 6.07) is 16.1. The van der Waals surface area contributed by atoms with Gasteiger partial charge >= 0.3 is 5.97 Å². The molecule has 0 spiro atoms. The Kier molecular flexibility index (Phi) is 5.44. The summed E-state index contributed by atoms with van der Waals surface area (Å²) in [6.45, 7) is 0.464. The number of esters is 1. The van der Waals surface area contributed by atoms with Crippen LogP contribution in [-0.2, 0) is 4.79 Å². The molecule has 2 aromatic rings. The smallest absolute Gasteiger partial charge is 0.311 e. The first-order valence-corrected chi connectivity index (χ1v) is 6.76. The molecule has 0 aliphatic carbocycles. The predicted octanol–water partition coefficient (Wildman–Crippen LogP) is 4.10. The highest BCUT2D eigenvalue weighted by Crippen LogP contribution is 2.16. The maximum Gasteiger partial charge on any atom is 0.311 e. The summed E-state index contributed by atoms with van der Waals surface area (Å²) < 4.78 is 10.7. The van der Waals surface area contributed by atoms with Crippen molar-refractivity contribution in [2.24, 2.45) is 0 Å². The lowest BCUT2D eigenvalue weighted by atomic mass is 10.3. The lowest BCUT2D eigenvalue weighted by Gasteiger charge is -2.06. The van der Waals surface area contributed by atoms with Gasteiger partial charge in [-0.2, -0.15) is 0 Å². The Morgan fingerprint density at radius 2 is 1.65 bits per heavy atom. The SMILES string of the molecule is O=C(CCCOc1ccc(Cl)cc1)Oc1ccccc1. The monoisotopic (exact) mass is 290 g/mol. The maximum atomic E-state index is 11.6. The van der Waals surface area contributed by atoms with E-state index in [9.17, 15) is 4.79 Å². The van der Waals surface area contributed by atoms with Gasteiger partial charge in [0.25, 0.3) is 0 Å². The van der Waals surface area contributed by atoms with Crippen LogP contribution < -0.4 is 9.47 Å². The highest BCUT2D eigenvalue weighted by Gasteiger charge is 2.04. The van der Waals surface area contributed by atoms with Crippen molar-refractivity contribution in [2.45, 2.75) is 12.8 Å². The second-order valence-electron chi connectivity index (χ2n) is 4.19. The summed E-state index contributed by atoms with van der Waals surface area (Å²) in [4.78, 5) is 11.6. The minimum Gasteiger partial charge on any atom is -0.494 e. The molecule has 0 aromatic heterocycles. The second kappa shape index (κ2) is 7.56. The number of carbonyl (C=O) groups excluding carboxylic acids is 1. The number of hydrogen-bond donors (Lipinski definition) is 0. The van der Waals surface area contributed by atoms with Gasteiger partial charge in [0.05, 0.1) is 6.61 Å². The van der Waals surface area contributed by atoms with Gasteiger partial charge in [0, 0.05) is 11.4 Å². The van der Waals surface area contributed by atoms with E-state index in [-0.39, 0.29) is 5.97 Å². The second-order valence-corrected chi connectivity index (χ2v) is 4.63. The molecule has 0 atom stereocenters. The third-order valence-electron chi connectivity index (χ3n) is 2.58. The Balaban J connectivity index is 1.66. The molecule has 0 aliphatic heterocycles. The number of para-hydroxylation sites is 1. The minimum absolute atomic E-state index is 0.254. The number of carbonyl (C=O) groups is 1. The fraction of sp³-hybridized carbons (Fsp3) is 0.188. The molecule has 0 radical (unpaired) electrons. The van der Waals surface area contributed by atoms with E-state index in [4.69, 9.17) is 21.1 Å². The van der Waals surface area contributed by atoms with Crippen molar-refractivity contribution in [3.63, 3.8) is 0 Å². The van der Waals surface area contributed by atoms with E-state index >= 15 is 0 Å². The first kappa shape index (κ1) is 14.4. The Labute approximate surface area is 123 Å². The predicted molar refractivity (Wildman–Crippen MR) is 78.3 cm³/mol. The molecule has 104 valence electrons. The van der Waals surface area contributed by atoms with Crippen LogP contribution in [0.4, 0.5) is 0 Å². The molecule has 20 heavy (non-hydrogen) atoms. The number of halogens is 1. The van der Waals surface area contributed by atoms with Gasteiger partial charge in [-0.05, 0) is 42.8 Å².